The van der Waals surface area contributed by atoms with Gasteiger partial charge in [-0.1, -0.05) is 30.3 Å². The maximum atomic E-state index is 12.5. The summed E-state index contributed by atoms with van der Waals surface area (Å²) < 4.78 is 10.9. The minimum atomic E-state index is -0.621. The molecule has 8 nitrogen and oxygen atoms in total. The highest BCUT2D eigenvalue weighted by Crippen LogP contribution is 2.32. The maximum absolute atomic E-state index is 12.5. The summed E-state index contributed by atoms with van der Waals surface area (Å²) in [7, 11) is 0. The number of aryl methyl sites for hydroxylation is 1. The van der Waals surface area contributed by atoms with Crippen molar-refractivity contribution < 1.29 is 23.9 Å². The van der Waals surface area contributed by atoms with E-state index in [0.29, 0.717) is 43.2 Å². The molecule has 2 aliphatic heterocycles. The second kappa shape index (κ2) is 8.22. The summed E-state index contributed by atoms with van der Waals surface area (Å²) in [5.74, 6) is 0.312. The number of carbonyl (C=O) groups is 3. The Balaban J connectivity index is 1.33. The molecule has 0 saturated carbocycles. The van der Waals surface area contributed by atoms with Crippen molar-refractivity contribution in [3.8, 4) is 11.5 Å². The van der Waals surface area contributed by atoms with Gasteiger partial charge in [0.05, 0.1) is 0 Å². The number of hydrogen-bond acceptors (Lipinski definition) is 5. The summed E-state index contributed by atoms with van der Waals surface area (Å²) in [6.07, 6.45) is 1.14. The number of hydrogen-bond donors (Lipinski definition) is 2. The lowest BCUT2D eigenvalue weighted by Gasteiger charge is -2.19. The Morgan fingerprint density at radius 2 is 1.83 bits per heavy atom. The highest BCUT2D eigenvalue weighted by molar-refractivity contribution is 6.07. The van der Waals surface area contributed by atoms with Crippen LogP contribution in [0.2, 0.25) is 0 Å². The van der Waals surface area contributed by atoms with Crippen LogP contribution in [-0.2, 0) is 16.0 Å². The number of rotatable bonds is 6. The molecule has 1 atom stereocenters. The van der Waals surface area contributed by atoms with Crippen LogP contribution >= 0.6 is 0 Å². The van der Waals surface area contributed by atoms with Crippen LogP contribution in [0.4, 0.5) is 10.5 Å². The molecule has 0 spiro atoms. The second-order valence-corrected chi connectivity index (χ2v) is 6.86. The van der Waals surface area contributed by atoms with Crippen molar-refractivity contribution in [3.63, 3.8) is 0 Å². The molecule has 8 heteroatoms. The van der Waals surface area contributed by atoms with E-state index in [2.05, 4.69) is 10.6 Å². The van der Waals surface area contributed by atoms with E-state index in [-0.39, 0.29) is 12.5 Å². The van der Waals surface area contributed by atoms with Crippen LogP contribution in [0.15, 0.2) is 48.5 Å². The van der Waals surface area contributed by atoms with E-state index in [1.807, 2.05) is 30.3 Å². The fourth-order valence-electron chi connectivity index (χ4n) is 3.34. The van der Waals surface area contributed by atoms with Crippen molar-refractivity contribution in [1.29, 1.82) is 0 Å². The van der Waals surface area contributed by atoms with Gasteiger partial charge in [-0.2, -0.15) is 0 Å². The second-order valence-electron chi connectivity index (χ2n) is 6.86. The Hall–Kier alpha value is -3.55. The Morgan fingerprint density at radius 3 is 2.62 bits per heavy atom. The summed E-state index contributed by atoms with van der Waals surface area (Å²) in [4.78, 5) is 38.0. The quantitative estimate of drug-likeness (QED) is 0.729. The first-order valence-corrected chi connectivity index (χ1v) is 9.45. The molecule has 4 rings (SSSR count). The van der Waals surface area contributed by atoms with E-state index in [9.17, 15) is 14.4 Å². The van der Waals surface area contributed by atoms with Crippen molar-refractivity contribution in [2.75, 3.05) is 25.1 Å². The number of amides is 4. The van der Waals surface area contributed by atoms with E-state index in [1.54, 1.807) is 18.2 Å². The lowest BCUT2D eigenvalue weighted by Crippen LogP contribution is -2.38. The van der Waals surface area contributed by atoms with E-state index in [4.69, 9.17) is 9.47 Å². The maximum Gasteiger partial charge on any atom is 0.325 e. The number of nitrogens with zero attached hydrogens (tertiary/aromatic N) is 1. The third-order valence-electron chi connectivity index (χ3n) is 4.80. The number of fused-ring (bicyclic) bond motifs is 1. The molecule has 2 N–H and O–H groups in total. The smallest absolute Gasteiger partial charge is 0.325 e. The fourth-order valence-corrected chi connectivity index (χ4v) is 3.34. The third-order valence-corrected chi connectivity index (χ3v) is 4.80. The van der Waals surface area contributed by atoms with Gasteiger partial charge in [0, 0.05) is 11.8 Å². The first-order chi connectivity index (χ1) is 14.1. The molecule has 0 aromatic heterocycles. The predicted octanol–water partition coefficient (Wildman–Crippen LogP) is 1.95. The first-order valence-electron chi connectivity index (χ1n) is 9.45. The molecule has 29 heavy (non-hydrogen) atoms. The van der Waals surface area contributed by atoms with E-state index < -0.39 is 18.0 Å². The number of anilines is 1. The van der Waals surface area contributed by atoms with Gasteiger partial charge in [0.15, 0.2) is 11.5 Å². The van der Waals surface area contributed by atoms with Crippen LogP contribution in [0.3, 0.4) is 0 Å². The van der Waals surface area contributed by atoms with Crippen molar-refractivity contribution in [2.24, 2.45) is 0 Å². The molecule has 150 valence electrons. The molecule has 0 bridgehead atoms. The molecule has 1 saturated heterocycles. The van der Waals surface area contributed by atoms with Crippen LogP contribution < -0.4 is 20.1 Å². The van der Waals surface area contributed by atoms with E-state index in [0.717, 1.165) is 10.5 Å². The van der Waals surface area contributed by atoms with Crippen molar-refractivity contribution in [2.45, 2.75) is 18.9 Å². The lowest BCUT2D eigenvalue weighted by molar-refractivity contribution is -0.130. The highest BCUT2D eigenvalue weighted by atomic mass is 16.6. The van der Waals surface area contributed by atoms with Crippen LogP contribution in [0.25, 0.3) is 0 Å². The monoisotopic (exact) mass is 395 g/mol. The van der Waals surface area contributed by atoms with Gasteiger partial charge < -0.3 is 20.1 Å². The lowest BCUT2D eigenvalue weighted by atomic mass is 10.1. The molecule has 4 amide bonds. The number of imide groups is 1. The number of urea groups is 1. The average molecular weight is 395 g/mol. The summed E-state index contributed by atoms with van der Waals surface area (Å²) in [5, 5.41) is 5.34. The Labute approximate surface area is 167 Å². The molecule has 0 unspecified atom stereocenters. The van der Waals surface area contributed by atoms with Gasteiger partial charge in [-0.3, -0.25) is 14.5 Å². The summed E-state index contributed by atoms with van der Waals surface area (Å²) >= 11 is 0. The molecular formula is C21H21N3O5. The molecule has 2 aromatic rings. The zero-order valence-corrected chi connectivity index (χ0v) is 15.7. The van der Waals surface area contributed by atoms with Crippen LogP contribution in [0.1, 0.15) is 12.0 Å². The minimum Gasteiger partial charge on any atom is -0.486 e. The molecule has 2 aromatic carbocycles. The topological polar surface area (TPSA) is 97.0 Å². The number of carbonyl (C=O) groups excluding carboxylic acids is 3. The number of nitrogens with one attached hydrogen (secondary N) is 2. The molecule has 2 aliphatic rings. The van der Waals surface area contributed by atoms with Gasteiger partial charge in [0.1, 0.15) is 25.8 Å². The Morgan fingerprint density at radius 1 is 1.07 bits per heavy atom. The third kappa shape index (κ3) is 4.31. The minimum absolute atomic E-state index is 0.346. The summed E-state index contributed by atoms with van der Waals surface area (Å²) in [6.45, 7) is 0.578. The molecule has 0 aliphatic carbocycles. The molecule has 2 heterocycles. The Kier molecular flexibility index (Phi) is 5.33. The van der Waals surface area contributed by atoms with Crippen molar-refractivity contribution in [1.82, 2.24) is 10.2 Å². The SMILES string of the molecule is O=C(CN1C(=O)N[C@H](CCc2ccccc2)C1=O)Nc1ccc2c(c1)OCCO2. The van der Waals surface area contributed by atoms with E-state index in [1.165, 1.54) is 0 Å². The standard InChI is InChI=1S/C21H21N3O5/c25-19(22-15-7-9-17-18(12-15)29-11-10-28-17)13-24-20(26)16(23-21(24)27)8-6-14-4-2-1-3-5-14/h1-5,7,9,12,16H,6,8,10-11,13H2,(H,22,25)(H,23,27)/t16-/m1/s1. The van der Waals surface area contributed by atoms with Gasteiger partial charge in [-0.15, -0.1) is 0 Å². The zero-order chi connectivity index (χ0) is 20.2. The summed E-state index contributed by atoms with van der Waals surface area (Å²) in [6, 6.07) is 13.6. The van der Waals surface area contributed by atoms with Gasteiger partial charge in [-0.25, -0.2) is 4.79 Å². The van der Waals surface area contributed by atoms with Crippen LogP contribution in [0, 0.1) is 0 Å². The van der Waals surface area contributed by atoms with Gasteiger partial charge in [-0.05, 0) is 30.5 Å². The largest absolute Gasteiger partial charge is 0.486 e. The zero-order valence-electron chi connectivity index (χ0n) is 15.7. The van der Waals surface area contributed by atoms with Crippen molar-refractivity contribution in [3.05, 3.63) is 54.1 Å². The highest BCUT2D eigenvalue weighted by Gasteiger charge is 2.38. The number of benzene rings is 2. The predicted molar refractivity (Wildman–Crippen MR) is 105 cm³/mol. The molecule has 0 radical (unpaired) electrons. The molecular weight excluding hydrogens is 374 g/mol. The van der Waals surface area contributed by atoms with Crippen LogP contribution in [0.5, 0.6) is 11.5 Å². The number of ether oxygens (including phenoxy) is 2. The van der Waals surface area contributed by atoms with Gasteiger partial charge >= 0.3 is 6.03 Å². The Bertz CT molecular complexity index is 931. The van der Waals surface area contributed by atoms with E-state index >= 15 is 0 Å². The summed E-state index contributed by atoms with van der Waals surface area (Å²) in [5.41, 5.74) is 1.59. The van der Waals surface area contributed by atoms with Crippen molar-refractivity contribution >= 4 is 23.5 Å². The van der Waals surface area contributed by atoms with Gasteiger partial charge in [0.25, 0.3) is 5.91 Å². The molecule has 1 fully saturated rings. The fraction of sp³-hybridized carbons (Fsp3) is 0.286. The average Bonchev–Trinajstić information content (AvgIpc) is 3.00. The first kappa shape index (κ1) is 18.8. The van der Waals surface area contributed by atoms with Gasteiger partial charge in [0.2, 0.25) is 5.91 Å². The normalized spacial score (nSPS) is 17.8. The van der Waals surface area contributed by atoms with Crippen LogP contribution in [-0.4, -0.2) is 48.5 Å².